The van der Waals surface area contributed by atoms with Crippen molar-refractivity contribution in [3.8, 4) is 0 Å². The Morgan fingerprint density at radius 3 is 1.00 bits per heavy atom. The molecular weight excluding hydrogens is 530 g/mol. The number of aryl methyl sites for hydroxylation is 3. The monoisotopic (exact) mass is 613 g/mol. The van der Waals surface area contributed by atoms with Crippen LogP contribution in [0.4, 0.5) is 0 Å². The molecule has 1 heterocycles. The summed E-state index contributed by atoms with van der Waals surface area (Å²) in [7, 11) is 0. The molecule has 1 heteroatoms. The van der Waals surface area contributed by atoms with Crippen molar-refractivity contribution in [1.29, 1.82) is 0 Å². The Labute approximate surface area is 279 Å². The molecule has 1 aromatic rings. The van der Waals surface area contributed by atoms with Crippen molar-refractivity contribution in [2.24, 2.45) is 0 Å². The molecule has 0 amide bonds. The Balaban J connectivity index is 2.28. The van der Waals surface area contributed by atoms with Crippen molar-refractivity contribution in [2.45, 2.75) is 246 Å². The molecular formula is C43H82N+. The molecule has 0 aliphatic carbocycles. The lowest BCUT2D eigenvalue weighted by Crippen LogP contribution is -2.34. The molecule has 0 bridgehead atoms. The fourth-order valence-corrected chi connectivity index (χ4v) is 6.97. The summed E-state index contributed by atoms with van der Waals surface area (Å²) in [6, 6.07) is 2.50. The number of rotatable bonds is 35. The summed E-state index contributed by atoms with van der Waals surface area (Å²) in [5.41, 5.74) is 3.33. The molecule has 0 aliphatic heterocycles. The molecule has 0 unspecified atom stereocenters. The van der Waals surface area contributed by atoms with Crippen molar-refractivity contribution < 1.29 is 4.57 Å². The normalized spacial score (nSPS) is 11.5. The van der Waals surface area contributed by atoms with Crippen molar-refractivity contribution in [1.82, 2.24) is 0 Å². The number of hydrogen-bond acceptors (Lipinski definition) is 0. The van der Waals surface area contributed by atoms with Crippen LogP contribution < -0.4 is 4.57 Å². The first-order chi connectivity index (χ1) is 21.8. The van der Waals surface area contributed by atoms with Crippen molar-refractivity contribution in [3.63, 3.8) is 0 Å². The molecule has 0 saturated heterocycles. The minimum Gasteiger partial charge on any atom is -0.205 e. The summed E-state index contributed by atoms with van der Waals surface area (Å²) in [4.78, 5) is 0. The van der Waals surface area contributed by atoms with Crippen LogP contribution in [0, 0.1) is 0 Å². The summed E-state index contributed by atoms with van der Waals surface area (Å²) in [5, 5.41) is 0. The maximum atomic E-state index is 2.55. The maximum absolute atomic E-state index is 2.55. The smallest absolute Gasteiger partial charge is 0.172 e. The van der Waals surface area contributed by atoms with Gasteiger partial charge >= 0.3 is 0 Å². The van der Waals surface area contributed by atoms with E-state index in [-0.39, 0.29) is 0 Å². The number of pyridine rings is 1. The van der Waals surface area contributed by atoms with Gasteiger partial charge in [-0.05, 0) is 37.7 Å². The molecule has 0 fully saturated rings. The van der Waals surface area contributed by atoms with Crippen LogP contribution in [0.25, 0.3) is 0 Å². The number of hydrogen-bond donors (Lipinski definition) is 0. The highest BCUT2D eigenvalue weighted by Gasteiger charge is 2.10. The highest BCUT2D eigenvalue weighted by molar-refractivity contribution is 5.21. The minimum atomic E-state index is 1.21. The van der Waals surface area contributed by atoms with E-state index in [1.807, 2.05) is 0 Å². The Morgan fingerprint density at radius 1 is 0.341 bits per heavy atom. The molecule has 1 rings (SSSR count). The van der Waals surface area contributed by atoms with Crippen LogP contribution in [-0.4, -0.2) is 0 Å². The van der Waals surface area contributed by atoms with Crippen LogP contribution in [0.5, 0.6) is 0 Å². The highest BCUT2D eigenvalue weighted by Crippen LogP contribution is 2.18. The molecule has 1 nitrogen and oxygen atoms in total. The van der Waals surface area contributed by atoms with Crippen LogP contribution in [0.3, 0.4) is 0 Å². The van der Waals surface area contributed by atoms with Crippen LogP contribution in [0.2, 0.25) is 0 Å². The minimum absolute atomic E-state index is 1.21. The fraction of sp³-hybridized carbons (Fsp3) is 0.884. The molecule has 44 heavy (non-hydrogen) atoms. The third-order valence-electron chi connectivity index (χ3n) is 10.1. The van der Waals surface area contributed by atoms with Gasteiger partial charge < -0.3 is 0 Å². The summed E-state index contributed by atoms with van der Waals surface area (Å²) in [5.74, 6) is 0. The Kier molecular flexibility index (Phi) is 31.4. The molecule has 0 aliphatic rings. The predicted molar refractivity (Wildman–Crippen MR) is 199 cm³/mol. The van der Waals surface area contributed by atoms with Gasteiger partial charge in [0.05, 0.1) is 0 Å². The lowest BCUT2D eigenvalue weighted by molar-refractivity contribution is -0.697. The SMILES string of the molecule is CCCCCCCCCCCCCCCc1cc[n+](CCCCCCCC)cc1CCCCCCCCCCCCCCC. The van der Waals surface area contributed by atoms with Gasteiger partial charge in [-0.25, -0.2) is 4.57 Å². The van der Waals surface area contributed by atoms with Crippen LogP contribution in [-0.2, 0) is 19.4 Å². The van der Waals surface area contributed by atoms with Gasteiger partial charge in [-0.1, -0.05) is 201 Å². The largest absolute Gasteiger partial charge is 0.205 e. The molecule has 1 aromatic heterocycles. The Bertz CT molecular complexity index is 694. The second-order valence-corrected chi connectivity index (χ2v) is 14.5. The second kappa shape index (κ2) is 33.5. The van der Waals surface area contributed by atoms with Gasteiger partial charge in [0.1, 0.15) is 6.54 Å². The van der Waals surface area contributed by atoms with E-state index in [2.05, 4.69) is 43.8 Å². The highest BCUT2D eigenvalue weighted by atomic mass is 14.9. The van der Waals surface area contributed by atoms with E-state index in [0.29, 0.717) is 0 Å². The van der Waals surface area contributed by atoms with E-state index in [9.17, 15) is 0 Å². The Morgan fingerprint density at radius 2 is 0.636 bits per heavy atom. The molecule has 0 aromatic carbocycles. The molecule has 0 N–H and O–H groups in total. The molecule has 0 saturated carbocycles. The van der Waals surface area contributed by atoms with E-state index in [1.54, 1.807) is 11.1 Å². The van der Waals surface area contributed by atoms with E-state index in [4.69, 9.17) is 0 Å². The Hall–Kier alpha value is -0.850. The maximum Gasteiger partial charge on any atom is 0.172 e. The predicted octanol–water partition coefficient (Wildman–Crippen LogP) is 14.6. The lowest BCUT2D eigenvalue weighted by Gasteiger charge is -2.10. The van der Waals surface area contributed by atoms with E-state index >= 15 is 0 Å². The van der Waals surface area contributed by atoms with Crippen molar-refractivity contribution >= 4 is 0 Å². The number of nitrogens with zero attached hydrogens (tertiary/aromatic N) is 1. The zero-order valence-corrected chi connectivity index (χ0v) is 30.9. The van der Waals surface area contributed by atoms with E-state index in [0.717, 1.165) is 0 Å². The molecule has 258 valence electrons. The standard InChI is InChI=1S/C43H82N/c1-4-7-10-13-16-18-20-22-24-26-28-30-33-36-42-38-40-44(39-35-32-15-12-9-6-3)41-43(42)37-34-31-29-27-25-23-21-19-17-14-11-8-5-2/h38,40-41H,4-37,39H2,1-3H3/q+1. The summed E-state index contributed by atoms with van der Waals surface area (Å²) in [6.07, 6.45) is 53.4. The van der Waals surface area contributed by atoms with Crippen molar-refractivity contribution in [2.75, 3.05) is 0 Å². The zero-order chi connectivity index (χ0) is 31.6. The van der Waals surface area contributed by atoms with Gasteiger partial charge in [0.2, 0.25) is 0 Å². The van der Waals surface area contributed by atoms with E-state index in [1.165, 1.54) is 225 Å². The van der Waals surface area contributed by atoms with Gasteiger partial charge in [-0.2, -0.15) is 0 Å². The van der Waals surface area contributed by atoms with Crippen molar-refractivity contribution in [3.05, 3.63) is 29.6 Å². The molecule has 0 atom stereocenters. The zero-order valence-electron chi connectivity index (χ0n) is 30.9. The van der Waals surface area contributed by atoms with E-state index < -0.39 is 0 Å². The third kappa shape index (κ3) is 26.4. The first kappa shape index (κ1) is 41.2. The summed E-state index contributed by atoms with van der Waals surface area (Å²) < 4.78 is 2.52. The number of unbranched alkanes of at least 4 members (excludes halogenated alkanes) is 29. The van der Waals surface area contributed by atoms with Gasteiger partial charge in [0.15, 0.2) is 12.4 Å². The average molecular weight is 613 g/mol. The second-order valence-electron chi connectivity index (χ2n) is 14.5. The first-order valence-corrected chi connectivity index (χ1v) is 20.8. The van der Waals surface area contributed by atoms with Crippen LogP contribution in [0.1, 0.15) is 237 Å². The van der Waals surface area contributed by atoms with Gasteiger partial charge in [-0.15, -0.1) is 0 Å². The third-order valence-corrected chi connectivity index (χ3v) is 10.1. The van der Waals surface area contributed by atoms with Gasteiger partial charge in [0.25, 0.3) is 0 Å². The van der Waals surface area contributed by atoms with Gasteiger partial charge in [0, 0.05) is 18.1 Å². The topological polar surface area (TPSA) is 3.88 Å². The molecule has 0 spiro atoms. The average Bonchev–Trinajstić information content (AvgIpc) is 3.04. The fourth-order valence-electron chi connectivity index (χ4n) is 6.97. The summed E-state index contributed by atoms with van der Waals surface area (Å²) >= 11 is 0. The van der Waals surface area contributed by atoms with Crippen LogP contribution >= 0.6 is 0 Å². The quantitative estimate of drug-likeness (QED) is 0.0530. The summed E-state index contributed by atoms with van der Waals surface area (Å²) in [6.45, 7) is 8.14. The lowest BCUT2D eigenvalue weighted by atomic mass is 9.97. The molecule has 0 radical (unpaired) electrons. The first-order valence-electron chi connectivity index (χ1n) is 20.8. The van der Waals surface area contributed by atoms with Crippen LogP contribution in [0.15, 0.2) is 18.5 Å². The van der Waals surface area contributed by atoms with Gasteiger partial charge in [-0.3, -0.25) is 0 Å². The number of aromatic nitrogens is 1.